The lowest BCUT2D eigenvalue weighted by molar-refractivity contribution is 0.0598. The third-order valence-corrected chi connectivity index (χ3v) is 2.24. The summed E-state index contributed by atoms with van der Waals surface area (Å²) in [5.41, 5.74) is 7.66. The van der Waals surface area contributed by atoms with Crippen LogP contribution in [0, 0.1) is 18.3 Å². The Hall–Kier alpha value is -1.86. The molecule has 0 heterocycles. The van der Waals surface area contributed by atoms with Crippen LogP contribution in [0.5, 0.6) is 0 Å². The minimum atomic E-state index is -0.454. The molecule has 0 aromatic heterocycles. The molecule has 0 aliphatic carbocycles. The van der Waals surface area contributed by atoms with Gasteiger partial charge in [0.15, 0.2) is 0 Å². The molecule has 0 radical (unpaired) electrons. The van der Waals surface area contributed by atoms with Gasteiger partial charge in [-0.2, -0.15) is 5.26 Å². The summed E-state index contributed by atoms with van der Waals surface area (Å²) in [6, 6.07) is 5.37. The van der Waals surface area contributed by atoms with E-state index >= 15 is 0 Å². The van der Waals surface area contributed by atoms with E-state index in [0.717, 1.165) is 5.56 Å². The van der Waals surface area contributed by atoms with Crippen molar-refractivity contribution < 1.29 is 9.53 Å². The standard InChI is InChI=1S/C11H12N2O2/c1-7-3-4-8(5-12)9(6-13)10(7)11(14)15-2/h3-4H,6,13H2,1-2H3. The van der Waals surface area contributed by atoms with Gasteiger partial charge in [-0.25, -0.2) is 4.79 Å². The molecule has 0 bridgehead atoms. The Morgan fingerprint density at radius 3 is 2.73 bits per heavy atom. The maximum atomic E-state index is 11.5. The smallest absolute Gasteiger partial charge is 0.338 e. The van der Waals surface area contributed by atoms with Gasteiger partial charge in [-0.3, -0.25) is 0 Å². The van der Waals surface area contributed by atoms with Gasteiger partial charge in [-0.05, 0) is 24.1 Å². The van der Waals surface area contributed by atoms with Gasteiger partial charge in [-0.1, -0.05) is 6.07 Å². The van der Waals surface area contributed by atoms with Crippen molar-refractivity contribution in [2.24, 2.45) is 5.73 Å². The Bertz CT molecular complexity index is 433. The van der Waals surface area contributed by atoms with E-state index in [2.05, 4.69) is 4.74 Å². The lowest BCUT2D eigenvalue weighted by atomic mass is 9.97. The summed E-state index contributed by atoms with van der Waals surface area (Å²) in [4.78, 5) is 11.5. The van der Waals surface area contributed by atoms with Crippen molar-refractivity contribution in [1.29, 1.82) is 5.26 Å². The number of aryl methyl sites for hydroxylation is 1. The minimum absolute atomic E-state index is 0.148. The van der Waals surface area contributed by atoms with Gasteiger partial charge in [0.25, 0.3) is 0 Å². The third kappa shape index (κ3) is 1.97. The molecule has 0 aliphatic rings. The molecular weight excluding hydrogens is 192 g/mol. The Balaban J connectivity index is 3.47. The molecule has 4 nitrogen and oxygen atoms in total. The molecule has 0 unspecified atom stereocenters. The summed E-state index contributed by atoms with van der Waals surface area (Å²) >= 11 is 0. The maximum Gasteiger partial charge on any atom is 0.338 e. The van der Waals surface area contributed by atoms with Crippen LogP contribution in [0.25, 0.3) is 0 Å². The summed E-state index contributed by atoms with van der Waals surface area (Å²) in [7, 11) is 1.31. The van der Waals surface area contributed by atoms with Crippen LogP contribution in [0.2, 0.25) is 0 Å². The van der Waals surface area contributed by atoms with E-state index in [1.165, 1.54) is 7.11 Å². The van der Waals surface area contributed by atoms with Gasteiger partial charge in [0.05, 0.1) is 24.3 Å². The summed E-state index contributed by atoms with van der Waals surface area (Å²) in [6.07, 6.45) is 0. The van der Waals surface area contributed by atoms with Gasteiger partial charge in [0.1, 0.15) is 0 Å². The van der Waals surface area contributed by atoms with E-state index in [0.29, 0.717) is 16.7 Å². The highest BCUT2D eigenvalue weighted by molar-refractivity contribution is 5.93. The molecule has 0 spiro atoms. The van der Waals surface area contributed by atoms with Crippen LogP contribution < -0.4 is 5.73 Å². The van der Waals surface area contributed by atoms with Gasteiger partial charge in [0, 0.05) is 6.54 Å². The number of nitriles is 1. The number of carbonyl (C=O) groups excluding carboxylic acids is 1. The first-order valence-electron chi connectivity index (χ1n) is 4.46. The zero-order valence-corrected chi connectivity index (χ0v) is 8.70. The van der Waals surface area contributed by atoms with Gasteiger partial charge in [0.2, 0.25) is 0 Å². The number of ether oxygens (including phenoxy) is 1. The van der Waals surface area contributed by atoms with Crippen LogP contribution in [-0.2, 0) is 11.3 Å². The first-order chi connectivity index (χ1) is 7.15. The van der Waals surface area contributed by atoms with Crippen molar-refractivity contribution in [3.8, 4) is 6.07 Å². The molecule has 78 valence electrons. The Labute approximate surface area is 88.3 Å². The van der Waals surface area contributed by atoms with E-state index in [4.69, 9.17) is 11.0 Å². The molecule has 0 fully saturated rings. The molecule has 0 saturated carbocycles. The molecule has 1 aromatic rings. The highest BCUT2D eigenvalue weighted by atomic mass is 16.5. The molecule has 0 atom stereocenters. The van der Waals surface area contributed by atoms with Crippen LogP contribution in [0.15, 0.2) is 12.1 Å². The molecule has 4 heteroatoms. The normalized spacial score (nSPS) is 9.47. The monoisotopic (exact) mass is 204 g/mol. The quantitative estimate of drug-likeness (QED) is 0.732. The number of nitrogens with zero attached hydrogens (tertiary/aromatic N) is 1. The fourth-order valence-corrected chi connectivity index (χ4v) is 1.47. The van der Waals surface area contributed by atoms with Crippen molar-refractivity contribution in [2.45, 2.75) is 13.5 Å². The Morgan fingerprint density at radius 1 is 1.60 bits per heavy atom. The van der Waals surface area contributed by atoms with Crippen LogP contribution in [-0.4, -0.2) is 13.1 Å². The van der Waals surface area contributed by atoms with Gasteiger partial charge >= 0.3 is 5.97 Å². The number of carbonyl (C=O) groups is 1. The van der Waals surface area contributed by atoms with Crippen molar-refractivity contribution >= 4 is 5.97 Å². The second-order valence-corrected chi connectivity index (χ2v) is 3.09. The summed E-state index contributed by atoms with van der Waals surface area (Å²) in [6.45, 7) is 1.93. The van der Waals surface area contributed by atoms with Crippen LogP contribution in [0.3, 0.4) is 0 Å². The molecule has 1 rings (SSSR count). The maximum absolute atomic E-state index is 11.5. The largest absolute Gasteiger partial charge is 0.465 e. The average Bonchev–Trinajstić information content (AvgIpc) is 2.27. The summed E-state index contributed by atoms with van der Waals surface area (Å²) < 4.78 is 4.66. The number of esters is 1. The first kappa shape index (κ1) is 11.2. The second kappa shape index (κ2) is 4.58. The number of hydrogen-bond donors (Lipinski definition) is 1. The van der Waals surface area contributed by atoms with Crippen molar-refractivity contribution in [1.82, 2.24) is 0 Å². The van der Waals surface area contributed by atoms with Gasteiger partial charge in [-0.15, -0.1) is 0 Å². The Morgan fingerprint density at radius 2 is 2.27 bits per heavy atom. The molecule has 0 aliphatic heterocycles. The van der Waals surface area contributed by atoms with Crippen LogP contribution >= 0.6 is 0 Å². The van der Waals surface area contributed by atoms with E-state index in [1.807, 2.05) is 6.07 Å². The highest BCUT2D eigenvalue weighted by Gasteiger charge is 2.16. The average molecular weight is 204 g/mol. The zero-order chi connectivity index (χ0) is 11.4. The molecule has 1 aromatic carbocycles. The van der Waals surface area contributed by atoms with E-state index in [1.54, 1.807) is 19.1 Å². The molecular formula is C11H12N2O2. The molecule has 0 saturated heterocycles. The lowest BCUT2D eigenvalue weighted by Gasteiger charge is -2.10. The number of hydrogen-bond acceptors (Lipinski definition) is 4. The fraction of sp³-hybridized carbons (Fsp3) is 0.273. The van der Waals surface area contributed by atoms with E-state index in [9.17, 15) is 4.79 Å². The summed E-state index contributed by atoms with van der Waals surface area (Å²) in [5, 5.41) is 8.86. The van der Waals surface area contributed by atoms with Crippen LogP contribution in [0.4, 0.5) is 0 Å². The van der Waals surface area contributed by atoms with Crippen molar-refractivity contribution in [3.63, 3.8) is 0 Å². The SMILES string of the molecule is COC(=O)c1c(C)ccc(C#N)c1CN. The van der Waals surface area contributed by atoms with Crippen molar-refractivity contribution in [2.75, 3.05) is 7.11 Å². The predicted molar refractivity (Wildman–Crippen MR) is 55.1 cm³/mol. The number of nitrogens with two attached hydrogens (primary N) is 1. The third-order valence-electron chi connectivity index (χ3n) is 2.24. The first-order valence-corrected chi connectivity index (χ1v) is 4.46. The molecule has 15 heavy (non-hydrogen) atoms. The highest BCUT2D eigenvalue weighted by Crippen LogP contribution is 2.19. The van der Waals surface area contributed by atoms with Crippen LogP contribution in [0.1, 0.15) is 27.0 Å². The zero-order valence-electron chi connectivity index (χ0n) is 8.70. The van der Waals surface area contributed by atoms with Gasteiger partial charge < -0.3 is 10.5 Å². The number of benzene rings is 1. The summed E-state index contributed by atoms with van der Waals surface area (Å²) in [5.74, 6) is -0.454. The Kier molecular flexibility index (Phi) is 3.42. The fourth-order valence-electron chi connectivity index (χ4n) is 1.47. The number of rotatable bonds is 2. The number of methoxy groups -OCH3 is 1. The molecule has 0 amide bonds. The predicted octanol–water partition coefficient (Wildman–Crippen LogP) is 1.11. The minimum Gasteiger partial charge on any atom is -0.465 e. The lowest BCUT2D eigenvalue weighted by Crippen LogP contribution is -2.12. The topological polar surface area (TPSA) is 76.1 Å². The second-order valence-electron chi connectivity index (χ2n) is 3.09. The van der Waals surface area contributed by atoms with Crippen molar-refractivity contribution in [3.05, 3.63) is 34.4 Å². The van der Waals surface area contributed by atoms with E-state index in [-0.39, 0.29) is 6.54 Å². The van der Waals surface area contributed by atoms with E-state index < -0.39 is 5.97 Å². The molecule has 2 N–H and O–H groups in total.